The molecule has 7 nitrogen and oxygen atoms in total. The van der Waals surface area contributed by atoms with Gasteiger partial charge in [0.15, 0.2) is 5.69 Å². The monoisotopic (exact) mass is 187 g/mol. The molecule has 0 aliphatic rings. The largest absolute Gasteiger partial charge is 0.383 e. The Balaban J connectivity index is 3.14. The number of hydrogen-bond donors (Lipinski definition) is 2. The fourth-order valence-electron chi connectivity index (χ4n) is 0.930. The van der Waals surface area contributed by atoms with Gasteiger partial charge in [0.25, 0.3) is 0 Å². The lowest BCUT2D eigenvalue weighted by Crippen LogP contribution is -2.12. The number of aromatic nitrogens is 1. The number of nitrogens with two attached hydrogens (primary N) is 1. The van der Waals surface area contributed by atoms with Gasteiger partial charge in [-0.15, -0.1) is 0 Å². The Labute approximate surface area is 73.3 Å². The van der Waals surface area contributed by atoms with Crippen LogP contribution in [0.4, 0.5) is 5.69 Å². The Kier molecular flexibility index (Phi) is 2.59. The highest BCUT2D eigenvalue weighted by Gasteiger charge is 2.28. The molecule has 1 rings (SSSR count). The number of hydrogen-bond acceptors (Lipinski definition) is 6. The van der Waals surface area contributed by atoms with Gasteiger partial charge >= 0.3 is 5.69 Å². The molecule has 0 saturated carbocycles. The van der Waals surface area contributed by atoms with Crippen molar-refractivity contribution in [2.45, 2.75) is 13.0 Å². The molecule has 7 heteroatoms. The van der Waals surface area contributed by atoms with Crippen LogP contribution in [0.15, 0.2) is 4.52 Å². The van der Waals surface area contributed by atoms with Crippen LogP contribution in [-0.2, 0) is 0 Å². The van der Waals surface area contributed by atoms with Gasteiger partial charge in [-0.25, -0.2) is 0 Å². The Morgan fingerprint density at radius 1 is 1.85 bits per heavy atom. The quantitative estimate of drug-likeness (QED) is 0.503. The van der Waals surface area contributed by atoms with E-state index in [0.29, 0.717) is 0 Å². The van der Waals surface area contributed by atoms with Crippen molar-refractivity contribution >= 4 is 5.69 Å². The van der Waals surface area contributed by atoms with Crippen LogP contribution < -0.4 is 5.73 Å². The van der Waals surface area contributed by atoms with Crippen LogP contribution in [0.3, 0.4) is 0 Å². The van der Waals surface area contributed by atoms with E-state index in [-0.39, 0.29) is 23.7 Å². The molecule has 0 fully saturated rings. The summed E-state index contributed by atoms with van der Waals surface area (Å²) in [4.78, 5) is 9.82. The number of aryl methyl sites for hydroxylation is 1. The van der Waals surface area contributed by atoms with Gasteiger partial charge in [-0.1, -0.05) is 5.16 Å². The normalized spacial score (nSPS) is 12.8. The number of aliphatic hydroxyl groups excluding tert-OH is 1. The summed E-state index contributed by atoms with van der Waals surface area (Å²) in [5, 5.41) is 23.1. The standard InChI is InChI=1S/C6H9N3O4/c1-3-5(9(11)12)6(13-8-3)4(10)2-7/h4,10H,2,7H2,1H3. The first-order chi connectivity index (χ1) is 6.07. The van der Waals surface area contributed by atoms with Crippen LogP contribution in [0.2, 0.25) is 0 Å². The summed E-state index contributed by atoms with van der Waals surface area (Å²) in [6, 6.07) is 0. The third-order valence-corrected chi connectivity index (χ3v) is 1.57. The van der Waals surface area contributed by atoms with Gasteiger partial charge in [-0.3, -0.25) is 10.1 Å². The van der Waals surface area contributed by atoms with Crippen molar-refractivity contribution in [3.8, 4) is 0 Å². The molecule has 0 spiro atoms. The van der Waals surface area contributed by atoms with Crippen molar-refractivity contribution in [2.24, 2.45) is 5.73 Å². The molecule has 0 radical (unpaired) electrons. The zero-order valence-corrected chi connectivity index (χ0v) is 6.93. The molecule has 0 aromatic carbocycles. The van der Waals surface area contributed by atoms with Gasteiger partial charge in [0.2, 0.25) is 5.76 Å². The van der Waals surface area contributed by atoms with E-state index in [1.165, 1.54) is 6.92 Å². The molecule has 0 aliphatic heterocycles. The molecule has 1 aromatic heterocycles. The predicted molar refractivity (Wildman–Crippen MR) is 41.9 cm³/mol. The Bertz CT molecular complexity index is 322. The van der Waals surface area contributed by atoms with Crippen LogP contribution in [0, 0.1) is 17.0 Å². The smallest absolute Gasteiger partial charge is 0.337 e. The van der Waals surface area contributed by atoms with E-state index in [0.717, 1.165) is 0 Å². The second-order valence-corrected chi connectivity index (χ2v) is 2.49. The first kappa shape index (κ1) is 9.62. The van der Waals surface area contributed by atoms with Gasteiger partial charge in [0.05, 0.1) is 4.92 Å². The van der Waals surface area contributed by atoms with E-state index >= 15 is 0 Å². The average molecular weight is 187 g/mol. The second-order valence-electron chi connectivity index (χ2n) is 2.49. The molecular formula is C6H9N3O4. The van der Waals surface area contributed by atoms with E-state index in [4.69, 9.17) is 5.73 Å². The maximum atomic E-state index is 10.5. The topological polar surface area (TPSA) is 115 Å². The van der Waals surface area contributed by atoms with E-state index in [1.54, 1.807) is 0 Å². The Hall–Kier alpha value is -1.47. The molecule has 0 amide bonds. The molecule has 72 valence electrons. The first-order valence-electron chi connectivity index (χ1n) is 3.56. The number of nitro groups is 1. The molecule has 0 bridgehead atoms. The highest BCUT2D eigenvalue weighted by molar-refractivity contribution is 5.38. The fraction of sp³-hybridized carbons (Fsp3) is 0.500. The van der Waals surface area contributed by atoms with Crippen LogP contribution in [0.1, 0.15) is 17.6 Å². The van der Waals surface area contributed by atoms with E-state index in [1.807, 2.05) is 0 Å². The summed E-state index contributed by atoms with van der Waals surface area (Å²) in [5.41, 5.74) is 4.95. The number of nitrogens with zero attached hydrogens (tertiary/aromatic N) is 2. The molecule has 0 saturated heterocycles. The fourth-order valence-corrected chi connectivity index (χ4v) is 0.930. The van der Waals surface area contributed by atoms with E-state index in [9.17, 15) is 15.2 Å². The third-order valence-electron chi connectivity index (χ3n) is 1.57. The first-order valence-corrected chi connectivity index (χ1v) is 3.56. The lowest BCUT2D eigenvalue weighted by molar-refractivity contribution is -0.387. The van der Waals surface area contributed by atoms with Gasteiger partial charge in [0.1, 0.15) is 6.10 Å². The van der Waals surface area contributed by atoms with Crippen molar-refractivity contribution < 1.29 is 14.6 Å². The summed E-state index contributed by atoms with van der Waals surface area (Å²) in [6.45, 7) is 1.28. The number of rotatable bonds is 3. The molecular weight excluding hydrogens is 178 g/mol. The lowest BCUT2D eigenvalue weighted by Gasteiger charge is -2.00. The second kappa shape index (κ2) is 3.50. The minimum absolute atomic E-state index is 0.132. The van der Waals surface area contributed by atoms with Crippen molar-refractivity contribution in [3.05, 3.63) is 21.6 Å². The highest BCUT2D eigenvalue weighted by atomic mass is 16.6. The molecule has 1 aromatic rings. The van der Waals surface area contributed by atoms with Gasteiger partial charge in [-0.2, -0.15) is 0 Å². The minimum Gasteiger partial charge on any atom is -0.383 e. The van der Waals surface area contributed by atoms with Crippen molar-refractivity contribution in [2.75, 3.05) is 6.54 Å². The molecule has 3 N–H and O–H groups in total. The SMILES string of the molecule is Cc1noc(C(O)CN)c1[N+](=O)[O-]. The van der Waals surface area contributed by atoms with Crippen molar-refractivity contribution in [1.29, 1.82) is 0 Å². The zero-order valence-electron chi connectivity index (χ0n) is 6.93. The summed E-state index contributed by atoms with van der Waals surface area (Å²) < 4.78 is 4.59. The summed E-state index contributed by atoms with van der Waals surface area (Å²) in [5.74, 6) is -0.190. The minimum atomic E-state index is -1.18. The van der Waals surface area contributed by atoms with Gasteiger partial charge in [0, 0.05) is 6.54 Å². The summed E-state index contributed by atoms with van der Waals surface area (Å²) in [6.07, 6.45) is -1.18. The van der Waals surface area contributed by atoms with Crippen LogP contribution in [0.5, 0.6) is 0 Å². The van der Waals surface area contributed by atoms with Crippen molar-refractivity contribution in [3.63, 3.8) is 0 Å². The Morgan fingerprint density at radius 2 is 2.46 bits per heavy atom. The van der Waals surface area contributed by atoms with Crippen LogP contribution >= 0.6 is 0 Å². The third kappa shape index (κ3) is 1.65. The molecule has 0 aliphatic carbocycles. The Morgan fingerprint density at radius 3 is 2.92 bits per heavy atom. The molecule has 13 heavy (non-hydrogen) atoms. The van der Waals surface area contributed by atoms with Crippen LogP contribution in [0.25, 0.3) is 0 Å². The maximum absolute atomic E-state index is 10.5. The molecule has 1 atom stereocenters. The lowest BCUT2D eigenvalue weighted by atomic mass is 10.2. The highest BCUT2D eigenvalue weighted by Crippen LogP contribution is 2.27. The zero-order chi connectivity index (χ0) is 10.0. The summed E-state index contributed by atoms with van der Waals surface area (Å²) >= 11 is 0. The van der Waals surface area contributed by atoms with Crippen molar-refractivity contribution in [1.82, 2.24) is 5.16 Å². The van der Waals surface area contributed by atoms with E-state index in [2.05, 4.69) is 9.68 Å². The molecule has 1 heterocycles. The molecule has 1 unspecified atom stereocenters. The summed E-state index contributed by atoms with van der Waals surface area (Å²) in [7, 11) is 0. The van der Waals surface area contributed by atoms with Crippen LogP contribution in [-0.4, -0.2) is 21.7 Å². The van der Waals surface area contributed by atoms with E-state index < -0.39 is 11.0 Å². The van der Waals surface area contributed by atoms with Gasteiger partial charge < -0.3 is 15.4 Å². The van der Waals surface area contributed by atoms with Gasteiger partial charge in [-0.05, 0) is 6.92 Å². The number of aliphatic hydroxyl groups is 1. The predicted octanol–water partition coefficient (Wildman–Crippen LogP) is -0.117. The maximum Gasteiger partial charge on any atom is 0.337 e. The average Bonchev–Trinajstić information content (AvgIpc) is 2.45.